The van der Waals surface area contributed by atoms with Crippen molar-refractivity contribution in [3.05, 3.63) is 30.2 Å². The summed E-state index contributed by atoms with van der Waals surface area (Å²) in [4.78, 5) is 4.54. The number of aromatic nitrogens is 2. The summed E-state index contributed by atoms with van der Waals surface area (Å²) < 4.78 is 5.43. The highest BCUT2D eigenvalue weighted by Crippen LogP contribution is 2.49. The van der Waals surface area contributed by atoms with Gasteiger partial charge in [0.15, 0.2) is 0 Å². The van der Waals surface area contributed by atoms with Crippen LogP contribution in [0.1, 0.15) is 31.6 Å². The first-order chi connectivity index (χ1) is 9.78. The smallest absolute Gasteiger partial charge is 0.227 e. The Morgan fingerprint density at radius 2 is 2.00 bits per heavy atom. The van der Waals surface area contributed by atoms with Crippen LogP contribution in [0, 0.1) is 17.8 Å². The van der Waals surface area contributed by atoms with Crippen molar-refractivity contribution in [2.24, 2.45) is 17.8 Å². The molecule has 2 fully saturated rings. The molecule has 2 bridgehead atoms. The van der Waals surface area contributed by atoms with E-state index in [-0.39, 0.29) is 0 Å². The molecule has 0 saturated heterocycles. The predicted molar refractivity (Wildman–Crippen MR) is 76.8 cm³/mol. The normalized spacial score (nSPS) is 28.1. The standard InChI is InChI=1S/C16H19N3O/c17-14-5-3-11(4-6-14)16-18-15(20-19-16)9-13-8-10-1-2-12(13)7-10/h3-6,10,12-13H,1-2,7-9,17H2. The van der Waals surface area contributed by atoms with Gasteiger partial charge in [0.25, 0.3) is 0 Å². The summed E-state index contributed by atoms with van der Waals surface area (Å²) >= 11 is 0. The quantitative estimate of drug-likeness (QED) is 0.868. The van der Waals surface area contributed by atoms with Gasteiger partial charge in [0.05, 0.1) is 0 Å². The third-order valence-electron chi connectivity index (χ3n) is 4.96. The minimum absolute atomic E-state index is 0.670. The van der Waals surface area contributed by atoms with Crippen molar-refractivity contribution in [1.29, 1.82) is 0 Å². The molecule has 1 aromatic heterocycles. The van der Waals surface area contributed by atoms with E-state index in [0.29, 0.717) is 5.82 Å². The van der Waals surface area contributed by atoms with E-state index >= 15 is 0 Å². The molecule has 0 radical (unpaired) electrons. The molecule has 2 aliphatic carbocycles. The second-order valence-corrected chi connectivity index (χ2v) is 6.27. The lowest BCUT2D eigenvalue weighted by molar-refractivity contribution is 0.288. The molecule has 1 aromatic carbocycles. The van der Waals surface area contributed by atoms with Crippen LogP contribution in [-0.2, 0) is 6.42 Å². The summed E-state index contributed by atoms with van der Waals surface area (Å²) in [6.45, 7) is 0. The molecule has 4 nitrogen and oxygen atoms in total. The average Bonchev–Trinajstić information content (AvgIpc) is 3.16. The summed E-state index contributed by atoms with van der Waals surface area (Å²) in [7, 11) is 0. The SMILES string of the molecule is Nc1ccc(-c2noc(CC3CC4CCC3C4)n2)cc1. The van der Waals surface area contributed by atoms with E-state index in [2.05, 4.69) is 10.1 Å². The third kappa shape index (κ3) is 2.09. The van der Waals surface area contributed by atoms with E-state index < -0.39 is 0 Å². The van der Waals surface area contributed by atoms with Gasteiger partial charge in [-0.15, -0.1) is 0 Å². The molecular formula is C16H19N3O. The average molecular weight is 269 g/mol. The van der Waals surface area contributed by atoms with Crippen molar-refractivity contribution in [3.8, 4) is 11.4 Å². The minimum Gasteiger partial charge on any atom is -0.399 e. The summed E-state index contributed by atoms with van der Waals surface area (Å²) in [5, 5.41) is 4.09. The fourth-order valence-electron chi connectivity index (χ4n) is 3.94. The third-order valence-corrected chi connectivity index (χ3v) is 4.96. The maximum absolute atomic E-state index is 5.69. The van der Waals surface area contributed by atoms with Crippen LogP contribution in [0.2, 0.25) is 0 Å². The van der Waals surface area contributed by atoms with E-state index in [9.17, 15) is 0 Å². The number of anilines is 1. The molecule has 2 aliphatic rings. The van der Waals surface area contributed by atoms with Crippen LogP contribution in [0.4, 0.5) is 5.69 Å². The molecule has 2 saturated carbocycles. The predicted octanol–water partition coefficient (Wildman–Crippen LogP) is 3.30. The Labute approximate surface area is 118 Å². The van der Waals surface area contributed by atoms with Crippen molar-refractivity contribution >= 4 is 5.69 Å². The lowest BCUT2D eigenvalue weighted by Crippen LogP contribution is -2.13. The fraction of sp³-hybridized carbons (Fsp3) is 0.500. The van der Waals surface area contributed by atoms with E-state index in [0.717, 1.165) is 41.3 Å². The number of benzene rings is 1. The van der Waals surface area contributed by atoms with Gasteiger partial charge in [-0.2, -0.15) is 4.98 Å². The number of nitrogens with two attached hydrogens (primary N) is 1. The number of hydrogen-bond donors (Lipinski definition) is 1. The molecule has 3 unspecified atom stereocenters. The largest absolute Gasteiger partial charge is 0.399 e. The highest BCUT2D eigenvalue weighted by atomic mass is 16.5. The van der Waals surface area contributed by atoms with E-state index in [1.54, 1.807) is 0 Å². The molecule has 104 valence electrons. The Morgan fingerprint density at radius 3 is 2.70 bits per heavy atom. The summed E-state index contributed by atoms with van der Waals surface area (Å²) in [5.74, 6) is 4.07. The topological polar surface area (TPSA) is 64.9 Å². The molecule has 4 heteroatoms. The van der Waals surface area contributed by atoms with Crippen LogP contribution < -0.4 is 5.73 Å². The number of hydrogen-bond acceptors (Lipinski definition) is 4. The Kier molecular flexibility index (Phi) is 2.76. The molecule has 4 rings (SSSR count). The van der Waals surface area contributed by atoms with Crippen molar-refractivity contribution < 1.29 is 4.52 Å². The number of nitrogen functional groups attached to an aromatic ring is 1. The highest BCUT2D eigenvalue weighted by Gasteiger charge is 2.40. The molecule has 0 amide bonds. The number of nitrogens with zero attached hydrogens (tertiary/aromatic N) is 2. The molecule has 1 heterocycles. The Morgan fingerprint density at radius 1 is 1.15 bits per heavy atom. The number of fused-ring (bicyclic) bond motifs is 2. The molecule has 0 spiro atoms. The van der Waals surface area contributed by atoms with Crippen molar-refractivity contribution in [2.75, 3.05) is 5.73 Å². The Balaban J connectivity index is 1.49. The second-order valence-electron chi connectivity index (χ2n) is 6.27. The Bertz CT molecular complexity index is 604. The van der Waals surface area contributed by atoms with Gasteiger partial charge >= 0.3 is 0 Å². The van der Waals surface area contributed by atoms with Gasteiger partial charge in [0.1, 0.15) is 0 Å². The van der Waals surface area contributed by atoms with E-state index in [1.165, 1.54) is 25.7 Å². The molecule has 3 atom stereocenters. The molecule has 2 N–H and O–H groups in total. The molecular weight excluding hydrogens is 250 g/mol. The van der Waals surface area contributed by atoms with Gasteiger partial charge in [0.2, 0.25) is 11.7 Å². The first-order valence-corrected chi connectivity index (χ1v) is 7.46. The van der Waals surface area contributed by atoms with Crippen LogP contribution >= 0.6 is 0 Å². The van der Waals surface area contributed by atoms with Gasteiger partial charge < -0.3 is 10.3 Å². The molecule has 2 aromatic rings. The lowest BCUT2D eigenvalue weighted by atomic mass is 9.86. The minimum atomic E-state index is 0.670. The van der Waals surface area contributed by atoms with Crippen LogP contribution in [0.3, 0.4) is 0 Å². The zero-order valence-electron chi connectivity index (χ0n) is 11.5. The summed E-state index contributed by atoms with van der Waals surface area (Å²) in [6, 6.07) is 7.59. The van der Waals surface area contributed by atoms with Crippen LogP contribution in [0.25, 0.3) is 11.4 Å². The van der Waals surface area contributed by atoms with Crippen LogP contribution in [0.5, 0.6) is 0 Å². The zero-order valence-corrected chi connectivity index (χ0v) is 11.5. The number of rotatable bonds is 3. The van der Waals surface area contributed by atoms with Crippen LogP contribution in [0.15, 0.2) is 28.8 Å². The molecule has 0 aliphatic heterocycles. The van der Waals surface area contributed by atoms with E-state index in [4.69, 9.17) is 10.3 Å². The van der Waals surface area contributed by atoms with Crippen molar-refractivity contribution in [3.63, 3.8) is 0 Å². The van der Waals surface area contributed by atoms with Gasteiger partial charge in [-0.05, 0) is 61.3 Å². The fourth-order valence-corrected chi connectivity index (χ4v) is 3.94. The summed E-state index contributed by atoms with van der Waals surface area (Å²) in [5.41, 5.74) is 7.40. The van der Waals surface area contributed by atoms with Gasteiger partial charge in [-0.1, -0.05) is 11.6 Å². The lowest BCUT2D eigenvalue weighted by Gasteiger charge is -2.19. The first-order valence-electron chi connectivity index (χ1n) is 7.46. The monoisotopic (exact) mass is 269 g/mol. The van der Waals surface area contributed by atoms with Crippen molar-refractivity contribution in [1.82, 2.24) is 10.1 Å². The van der Waals surface area contributed by atoms with Gasteiger partial charge in [-0.3, -0.25) is 0 Å². The second kappa shape index (κ2) is 4.62. The van der Waals surface area contributed by atoms with Gasteiger partial charge in [-0.25, -0.2) is 0 Å². The van der Waals surface area contributed by atoms with Crippen LogP contribution in [-0.4, -0.2) is 10.1 Å². The van der Waals surface area contributed by atoms with Gasteiger partial charge in [0, 0.05) is 17.7 Å². The maximum Gasteiger partial charge on any atom is 0.227 e. The first kappa shape index (κ1) is 11.9. The summed E-state index contributed by atoms with van der Waals surface area (Å²) in [6.07, 6.45) is 6.55. The van der Waals surface area contributed by atoms with E-state index in [1.807, 2.05) is 24.3 Å². The highest BCUT2D eigenvalue weighted by molar-refractivity contribution is 5.57. The Hall–Kier alpha value is -1.84. The van der Waals surface area contributed by atoms with Crippen molar-refractivity contribution in [2.45, 2.75) is 32.1 Å². The molecule has 20 heavy (non-hydrogen) atoms. The zero-order chi connectivity index (χ0) is 13.5. The maximum atomic E-state index is 5.69.